The Morgan fingerprint density at radius 2 is 2.13 bits per heavy atom. The van der Waals surface area contributed by atoms with Crippen LogP contribution in [0.15, 0.2) is 0 Å². The lowest BCUT2D eigenvalue weighted by molar-refractivity contribution is -0.136. The van der Waals surface area contributed by atoms with Crippen molar-refractivity contribution in [3.05, 3.63) is 0 Å². The number of carbonyl (C=O) groups excluding carboxylic acids is 2. The molecule has 2 rings (SSSR count). The number of amides is 3. The Kier molecular flexibility index (Phi) is 2.65. The molecule has 84 valence electrons. The molecule has 0 spiro atoms. The number of nitrogens with zero attached hydrogens (tertiary/aromatic N) is 2. The van der Waals surface area contributed by atoms with Crippen molar-refractivity contribution in [2.45, 2.75) is 19.4 Å². The van der Waals surface area contributed by atoms with E-state index in [4.69, 9.17) is 4.74 Å². The Morgan fingerprint density at radius 1 is 1.40 bits per heavy atom. The first-order valence-electron chi connectivity index (χ1n) is 5.32. The molecular formula is C10H16N2O3. The summed E-state index contributed by atoms with van der Waals surface area (Å²) >= 11 is 0. The molecule has 2 aliphatic rings. The quantitative estimate of drug-likeness (QED) is 0.661. The molecule has 0 radical (unpaired) electrons. The molecule has 15 heavy (non-hydrogen) atoms. The number of urea groups is 1. The van der Waals surface area contributed by atoms with Crippen molar-refractivity contribution in [2.75, 3.05) is 26.8 Å². The van der Waals surface area contributed by atoms with Crippen LogP contribution in [-0.4, -0.2) is 54.6 Å². The van der Waals surface area contributed by atoms with Gasteiger partial charge in [-0.2, -0.15) is 0 Å². The molecule has 0 aromatic carbocycles. The summed E-state index contributed by atoms with van der Waals surface area (Å²) in [5, 5.41) is 0. The Hall–Kier alpha value is -1.10. The lowest BCUT2D eigenvalue weighted by atomic mass is 9.98. The molecule has 2 saturated heterocycles. The van der Waals surface area contributed by atoms with Gasteiger partial charge in [0.1, 0.15) is 0 Å². The minimum absolute atomic E-state index is 0.0573. The average molecular weight is 212 g/mol. The van der Waals surface area contributed by atoms with Crippen LogP contribution in [0, 0.1) is 5.92 Å². The highest BCUT2D eigenvalue weighted by Gasteiger charge is 2.47. The van der Waals surface area contributed by atoms with Gasteiger partial charge in [0.05, 0.1) is 25.2 Å². The summed E-state index contributed by atoms with van der Waals surface area (Å²) in [6.07, 6.45) is 0.795. The molecular weight excluding hydrogens is 196 g/mol. The van der Waals surface area contributed by atoms with E-state index in [1.165, 1.54) is 4.90 Å². The van der Waals surface area contributed by atoms with E-state index in [2.05, 4.69) is 0 Å². The lowest BCUT2D eigenvalue weighted by Gasteiger charge is -2.38. The number of likely N-dealkylation sites (N-methyl/N-ethyl adjacent to an activating group) is 1. The molecule has 5 nitrogen and oxygen atoms in total. The van der Waals surface area contributed by atoms with Crippen molar-refractivity contribution < 1.29 is 14.3 Å². The standard InChI is InChI=1S/C10H16N2O3/c1-3-4-12-9(13)7-5-15-6-8(7)11(2)10(12)14/h7-8H,3-6H2,1-2H3. The first-order valence-corrected chi connectivity index (χ1v) is 5.32. The highest BCUT2D eigenvalue weighted by Crippen LogP contribution is 2.26. The van der Waals surface area contributed by atoms with Crippen LogP contribution < -0.4 is 0 Å². The fraction of sp³-hybridized carbons (Fsp3) is 0.800. The van der Waals surface area contributed by atoms with E-state index in [-0.39, 0.29) is 23.9 Å². The summed E-state index contributed by atoms with van der Waals surface area (Å²) in [4.78, 5) is 26.8. The predicted molar refractivity (Wildman–Crippen MR) is 53.3 cm³/mol. The topological polar surface area (TPSA) is 49.9 Å². The van der Waals surface area contributed by atoms with E-state index in [0.717, 1.165) is 6.42 Å². The number of rotatable bonds is 2. The summed E-state index contributed by atoms with van der Waals surface area (Å²) in [6.45, 7) is 3.39. The summed E-state index contributed by atoms with van der Waals surface area (Å²) < 4.78 is 5.27. The third-order valence-electron chi connectivity index (χ3n) is 3.11. The minimum atomic E-state index is -0.186. The van der Waals surface area contributed by atoms with Crippen molar-refractivity contribution in [1.29, 1.82) is 0 Å². The summed E-state index contributed by atoms with van der Waals surface area (Å²) in [6, 6.07) is -0.244. The molecule has 5 heteroatoms. The summed E-state index contributed by atoms with van der Waals surface area (Å²) in [5.41, 5.74) is 0. The molecule has 0 aromatic rings. The van der Waals surface area contributed by atoms with Crippen LogP contribution in [0.3, 0.4) is 0 Å². The van der Waals surface area contributed by atoms with Gasteiger partial charge in [-0.05, 0) is 6.42 Å². The molecule has 0 saturated carbocycles. The van der Waals surface area contributed by atoms with Crippen molar-refractivity contribution >= 4 is 11.9 Å². The zero-order valence-electron chi connectivity index (χ0n) is 9.10. The maximum absolute atomic E-state index is 12.0. The van der Waals surface area contributed by atoms with Gasteiger partial charge in [0, 0.05) is 13.6 Å². The van der Waals surface area contributed by atoms with E-state index in [9.17, 15) is 9.59 Å². The first kappa shape index (κ1) is 10.4. The predicted octanol–water partition coefficient (Wildman–Crippen LogP) is 0.305. The smallest absolute Gasteiger partial charge is 0.326 e. The fourth-order valence-electron chi connectivity index (χ4n) is 2.22. The highest BCUT2D eigenvalue weighted by molar-refractivity contribution is 5.98. The van der Waals surface area contributed by atoms with Crippen molar-refractivity contribution in [2.24, 2.45) is 5.92 Å². The molecule has 0 aliphatic carbocycles. The van der Waals surface area contributed by atoms with E-state index < -0.39 is 0 Å². The second-order valence-corrected chi connectivity index (χ2v) is 4.09. The summed E-state index contributed by atoms with van der Waals surface area (Å²) in [7, 11) is 1.74. The average Bonchev–Trinajstić information content (AvgIpc) is 2.70. The van der Waals surface area contributed by atoms with Crippen molar-refractivity contribution in [1.82, 2.24) is 9.80 Å². The van der Waals surface area contributed by atoms with Gasteiger partial charge >= 0.3 is 6.03 Å². The number of imide groups is 1. The number of hydrogen-bond donors (Lipinski definition) is 0. The second kappa shape index (κ2) is 3.81. The van der Waals surface area contributed by atoms with Crippen LogP contribution >= 0.6 is 0 Å². The Morgan fingerprint density at radius 3 is 2.80 bits per heavy atom. The monoisotopic (exact) mass is 212 g/mol. The molecule has 2 aliphatic heterocycles. The van der Waals surface area contributed by atoms with Crippen LogP contribution in [0.25, 0.3) is 0 Å². The molecule has 2 heterocycles. The zero-order valence-corrected chi connectivity index (χ0v) is 9.10. The fourth-order valence-corrected chi connectivity index (χ4v) is 2.22. The maximum Gasteiger partial charge on any atom is 0.326 e. The maximum atomic E-state index is 12.0. The van der Waals surface area contributed by atoms with E-state index in [1.807, 2.05) is 6.92 Å². The minimum Gasteiger partial charge on any atom is -0.378 e. The molecule has 2 fully saturated rings. The van der Waals surface area contributed by atoms with Gasteiger partial charge in [-0.1, -0.05) is 6.92 Å². The van der Waals surface area contributed by atoms with Gasteiger partial charge in [-0.3, -0.25) is 9.69 Å². The van der Waals surface area contributed by atoms with Crippen LogP contribution in [0.5, 0.6) is 0 Å². The third-order valence-corrected chi connectivity index (χ3v) is 3.11. The van der Waals surface area contributed by atoms with E-state index >= 15 is 0 Å². The van der Waals surface area contributed by atoms with E-state index in [1.54, 1.807) is 11.9 Å². The van der Waals surface area contributed by atoms with Gasteiger partial charge in [-0.25, -0.2) is 4.79 Å². The molecule has 0 N–H and O–H groups in total. The van der Waals surface area contributed by atoms with Crippen LogP contribution in [0.2, 0.25) is 0 Å². The van der Waals surface area contributed by atoms with Crippen molar-refractivity contribution in [3.63, 3.8) is 0 Å². The number of fused-ring (bicyclic) bond motifs is 1. The van der Waals surface area contributed by atoms with Gasteiger partial charge in [0.25, 0.3) is 0 Å². The molecule has 2 atom stereocenters. The second-order valence-electron chi connectivity index (χ2n) is 4.09. The van der Waals surface area contributed by atoms with Crippen LogP contribution in [0.1, 0.15) is 13.3 Å². The Balaban J connectivity index is 2.21. The van der Waals surface area contributed by atoms with Crippen molar-refractivity contribution in [3.8, 4) is 0 Å². The molecule has 2 unspecified atom stereocenters. The Labute approximate surface area is 89.0 Å². The number of hydrogen-bond acceptors (Lipinski definition) is 3. The van der Waals surface area contributed by atoms with E-state index in [0.29, 0.717) is 19.8 Å². The van der Waals surface area contributed by atoms with Gasteiger partial charge < -0.3 is 9.64 Å². The zero-order chi connectivity index (χ0) is 11.0. The molecule has 0 bridgehead atoms. The first-order chi connectivity index (χ1) is 7.16. The van der Waals surface area contributed by atoms with Crippen LogP contribution in [-0.2, 0) is 9.53 Å². The van der Waals surface area contributed by atoms with Crippen LogP contribution in [0.4, 0.5) is 4.79 Å². The summed E-state index contributed by atoms with van der Waals surface area (Å²) in [5.74, 6) is -0.221. The van der Waals surface area contributed by atoms with Gasteiger partial charge in [-0.15, -0.1) is 0 Å². The number of carbonyl (C=O) groups is 2. The lowest BCUT2D eigenvalue weighted by Crippen LogP contribution is -2.60. The Bertz CT molecular complexity index is 292. The normalized spacial score (nSPS) is 31.1. The number of ether oxygens (including phenoxy) is 1. The third kappa shape index (κ3) is 1.51. The largest absolute Gasteiger partial charge is 0.378 e. The molecule has 0 aromatic heterocycles. The van der Waals surface area contributed by atoms with Gasteiger partial charge in [0.15, 0.2) is 0 Å². The highest BCUT2D eigenvalue weighted by atomic mass is 16.5. The molecule has 3 amide bonds. The SMILES string of the molecule is CCCN1C(=O)C2COCC2N(C)C1=O. The van der Waals surface area contributed by atoms with Gasteiger partial charge in [0.2, 0.25) is 5.91 Å².